The maximum Gasteiger partial charge on any atom is 0.251 e. The first-order valence-electron chi connectivity index (χ1n) is 9.47. The van der Waals surface area contributed by atoms with Gasteiger partial charge in [-0.25, -0.2) is 13.6 Å². The van der Waals surface area contributed by atoms with Crippen molar-refractivity contribution in [2.45, 2.75) is 50.5 Å². The highest BCUT2D eigenvalue weighted by atomic mass is 32.2. The normalized spacial score (nSPS) is 12.4. The summed E-state index contributed by atoms with van der Waals surface area (Å²) >= 11 is 0. The third kappa shape index (κ3) is 6.65. The summed E-state index contributed by atoms with van der Waals surface area (Å²) in [6.07, 6.45) is 4.59. The molecule has 0 unspecified atom stereocenters. The number of hydrogen-bond donors (Lipinski definition) is 2. The summed E-state index contributed by atoms with van der Waals surface area (Å²) in [4.78, 5) is 12.5. The lowest BCUT2D eigenvalue weighted by Crippen LogP contribution is -2.26. The van der Waals surface area contributed by atoms with Gasteiger partial charge in [-0.3, -0.25) is 4.79 Å². The van der Waals surface area contributed by atoms with Crippen molar-refractivity contribution in [3.05, 3.63) is 59.7 Å². The van der Waals surface area contributed by atoms with Crippen molar-refractivity contribution in [3.63, 3.8) is 0 Å². The summed E-state index contributed by atoms with van der Waals surface area (Å²) in [5.41, 5.74) is 1.32. The van der Waals surface area contributed by atoms with E-state index in [9.17, 15) is 13.2 Å². The number of hydrogen-bond acceptors (Lipinski definition) is 4. The zero-order valence-electron chi connectivity index (χ0n) is 16.4. The Morgan fingerprint density at radius 1 is 1.04 bits per heavy atom. The molecule has 1 atom stereocenters. The smallest absolute Gasteiger partial charge is 0.251 e. The quantitative estimate of drug-likeness (QED) is 0.589. The van der Waals surface area contributed by atoms with Gasteiger partial charge in [0.2, 0.25) is 10.0 Å². The van der Waals surface area contributed by atoms with Crippen LogP contribution < -0.4 is 15.2 Å². The van der Waals surface area contributed by atoms with Crippen LogP contribution in [0.25, 0.3) is 0 Å². The van der Waals surface area contributed by atoms with Gasteiger partial charge in [0.25, 0.3) is 5.91 Å². The van der Waals surface area contributed by atoms with Gasteiger partial charge in [-0.05, 0) is 55.3 Å². The van der Waals surface area contributed by atoms with Crippen LogP contribution in [-0.2, 0) is 10.0 Å². The fourth-order valence-corrected chi connectivity index (χ4v) is 3.25. The van der Waals surface area contributed by atoms with Gasteiger partial charge in [0, 0.05) is 5.56 Å². The lowest BCUT2D eigenvalue weighted by atomic mass is 10.1. The standard InChI is InChI=1S/C21H28N2O4S/c1-3-4-5-6-15-27-19-11-7-18(8-12-19)21(24)23-16(2)17-9-13-20(14-10-17)28(22,25)26/h7-14,16H,3-6,15H2,1-2H3,(H,23,24)(H2,22,25,26)/t16-/m1/s1. The number of carbonyl (C=O) groups is 1. The Morgan fingerprint density at radius 2 is 1.68 bits per heavy atom. The van der Waals surface area contributed by atoms with Gasteiger partial charge in [-0.15, -0.1) is 0 Å². The second-order valence-corrected chi connectivity index (χ2v) is 8.30. The van der Waals surface area contributed by atoms with Gasteiger partial charge in [-0.1, -0.05) is 38.3 Å². The number of nitrogens with two attached hydrogens (primary N) is 1. The first-order valence-corrected chi connectivity index (χ1v) is 11.0. The molecule has 152 valence electrons. The highest BCUT2D eigenvalue weighted by Crippen LogP contribution is 2.17. The van der Waals surface area contributed by atoms with E-state index in [1.165, 1.54) is 25.0 Å². The van der Waals surface area contributed by atoms with Gasteiger partial charge in [0.15, 0.2) is 0 Å². The molecule has 0 heterocycles. The van der Waals surface area contributed by atoms with Crippen LogP contribution in [0.2, 0.25) is 0 Å². The SMILES string of the molecule is CCCCCCOc1ccc(C(=O)N[C@H](C)c2ccc(S(N)(=O)=O)cc2)cc1. The van der Waals surface area contributed by atoms with Crippen LogP contribution in [-0.4, -0.2) is 20.9 Å². The van der Waals surface area contributed by atoms with E-state index in [2.05, 4.69) is 12.2 Å². The van der Waals surface area contributed by atoms with Crippen molar-refractivity contribution in [1.29, 1.82) is 0 Å². The van der Waals surface area contributed by atoms with Crippen molar-refractivity contribution in [2.24, 2.45) is 5.14 Å². The van der Waals surface area contributed by atoms with Crippen molar-refractivity contribution in [1.82, 2.24) is 5.32 Å². The summed E-state index contributed by atoms with van der Waals surface area (Å²) in [6, 6.07) is 12.9. The van der Waals surface area contributed by atoms with Crippen molar-refractivity contribution in [3.8, 4) is 5.75 Å². The first-order chi connectivity index (χ1) is 13.3. The zero-order valence-corrected chi connectivity index (χ0v) is 17.2. The predicted molar refractivity (Wildman–Crippen MR) is 110 cm³/mol. The number of nitrogens with one attached hydrogen (secondary N) is 1. The second kappa shape index (κ2) is 10.2. The molecular weight excluding hydrogens is 376 g/mol. The average Bonchev–Trinajstić information content (AvgIpc) is 2.67. The fourth-order valence-electron chi connectivity index (χ4n) is 2.73. The highest BCUT2D eigenvalue weighted by molar-refractivity contribution is 7.89. The first kappa shape index (κ1) is 21.9. The number of rotatable bonds is 10. The minimum absolute atomic E-state index is 0.0417. The van der Waals surface area contributed by atoms with E-state index in [-0.39, 0.29) is 16.8 Å². The molecule has 1 amide bonds. The molecule has 7 heteroatoms. The van der Waals surface area contributed by atoms with Gasteiger partial charge < -0.3 is 10.1 Å². The molecule has 0 aliphatic heterocycles. The Bertz CT molecular complexity index is 862. The number of benzene rings is 2. The molecule has 0 aliphatic carbocycles. The number of amides is 1. The maximum absolute atomic E-state index is 12.4. The minimum Gasteiger partial charge on any atom is -0.494 e. The molecule has 2 rings (SSSR count). The molecule has 0 bridgehead atoms. The largest absolute Gasteiger partial charge is 0.494 e. The molecule has 28 heavy (non-hydrogen) atoms. The minimum atomic E-state index is -3.73. The number of primary sulfonamides is 1. The van der Waals surface area contributed by atoms with E-state index >= 15 is 0 Å². The maximum atomic E-state index is 12.4. The van der Waals surface area contributed by atoms with Crippen molar-refractivity contribution >= 4 is 15.9 Å². The molecule has 3 N–H and O–H groups in total. The van der Waals surface area contributed by atoms with Gasteiger partial charge in [-0.2, -0.15) is 0 Å². The molecule has 0 radical (unpaired) electrons. The molecular formula is C21H28N2O4S. The zero-order chi connectivity index (χ0) is 20.6. The number of sulfonamides is 1. The fraction of sp³-hybridized carbons (Fsp3) is 0.381. The van der Waals surface area contributed by atoms with Gasteiger partial charge >= 0.3 is 0 Å². The Hall–Kier alpha value is -2.38. The molecule has 0 fully saturated rings. The third-order valence-electron chi connectivity index (χ3n) is 4.44. The van der Waals surface area contributed by atoms with Gasteiger partial charge in [0.05, 0.1) is 17.5 Å². The van der Waals surface area contributed by atoms with E-state index in [0.717, 1.165) is 24.2 Å². The van der Waals surface area contributed by atoms with Crippen LogP contribution in [0.15, 0.2) is 53.4 Å². The molecule has 0 saturated heterocycles. The van der Waals surface area contributed by atoms with E-state index in [1.807, 2.05) is 6.92 Å². The Morgan fingerprint density at radius 3 is 2.25 bits per heavy atom. The van der Waals surface area contributed by atoms with Crippen LogP contribution in [0.1, 0.15) is 61.5 Å². The Kier molecular flexibility index (Phi) is 8.02. The second-order valence-electron chi connectivity index (χ2n) is 6.74. The van der Waals surface area contributed by atoms with Crippen molar-refractivity contribution in [2.75, 3.05) is 6.61 Å². The summed E-state index contributed by atoms with van der Waals surface area (Å²) in [7, 11) is -3.73. The molecule has 0 saturated carbocycles. The van der Waals surface area contributed by atoms with Crippen LogP contribution in [0, 0.1) is 0 Å². The molecule has 6 nitrogen and oxygen atoms in total. The number of unbranched alkanes of at least 4 members (excludes halogenated alkanes) is 3. The molecule has 0 aliphatic rings. The van der Waals surface area contributed by atoms with E-state index < -0.39 is 10.0 Å². The Labute approximate surface area is 167 Å². The average molecular weight is 405 g/mol. The molecule has 2 aromatic carbocycles. The Balaban J connectivity index is 1.89. The van der Waals surface area contributed by atoms with Gasteiger partial charge in [0.1, 0.15) is 5.75 Å². The lowest BCUT2D eigenvalue weighted by molar-refractivity contribution is 0.0940. The predicted octanol–water partition coefficient (Wildman–Crippen LogP) is 3.78. The van der Waals surface area contributed by atoms with E-state index in [0.29, 0.717) is 12.2 Å². The monoisotopic (exact) mass is 404 g/mol. The third-order valence-corrected chi connectivity index (χ3v) is 5.37. The molecule has 0 spiro atoms. The number of carbonyl (C=O) groups excluding carboxylic acids is 1. The van der Waals surface area contributed by atoms with Crippen LogP contribution in [0.5, 0.6) is 5.75 Å². The van der Waals surface area contributed by atoms with Crippen molar-refractivity contribution < 1.29 is 17.9 Å². The summed E-state index contributed by atoms with van der Waals surface area (Å²) < 4.78 is 28.3. The lowest BCUT2D eigenvalue weighted by Gasteiger charge is -2.15. The summed E-state index contributed by atoms with van der Waals surface area (Å²) in [5.74, 6) is 0.539. The van der Waals surface area contributed by atoms with Crippen LogP contribution in [0.3, 0.4) is 0 Å². The summed E-state index contributed by atoms with van der Waals surface area (Å²) in [6.45, 7) is 4.68. The van der Waals surface area contributed by atoms with Crippen LogP contribution >= 0.6 is 0 Å². The number of ether oxygens (including phenoxy) is 1. The topological polar surface area (TPSA) is 98.5 Å². The summed E-state index contributed by atoms with van der Waals surface area (Å²) in [5, 5.41) is 7.99. The highest BCUT2D eigenvalue weighted by Gasteiger charge is 2.13. The van der Waals surface area contributed by atoms with E-state index in [1.54, 1.807) is 36.4 Å². The van der Waals surface area contributed by atoms with Crippen LogP contribution in [0.4, 0.5) is 0 Å². The van der Waals surface area contributed by atoms with E-state index in [4.69, 9.17) is 9.88 Å². The molecule has 2 aromatic rings. The molecule has 0 aromatic heterocycles.